The van der Waals surface area contributed by atoms with Gasteiger partial charge in [0.2, 0.25) is 0 Å². The average molecular weight is 757 g/mol. The second kappa shape index (κ2) is 14.3. The second-order valence-electron chi connectivity index (χ2n) is 15.4. The monoisotopic (exact) mass is 758 g/mol. The van der Waals surface area contributed by atoms with E-state index in [2.05, 4.69) is 185 Å². The van der Waals surface area contributed by atoms with Gasteiger partial charge in [-0.15, -0.1) is 11.1 Å². The molecule has 0 amide bonds. The topological polar surface area (TPSA) is 0 Å². The van der Waals surface area contributed by atoms with E-state index in [0.717, 1.165) is 30.3 Å². The Morgan fingerprint density at radius 1 is 0.667 bits per heavy atom. The van der Waals surface area contributed by atoms with E-state index in [9.17, 15) is 0 Å². The zero-order chi connectivity index (χ0) is 33.0. The normalized spacial score (nSPS) is 15.2. The second-order valence-corrected chi connectivity index (χ2v) is 17.2. The van der Waals surface area contributed by atoms with Gasteiger partial charge in [0.05, 0.1) is 0 Å². The van der Waals surface area contributed by atoms with E-state index in [-0.39, 0.29) is 10.8 Å². The molecule has 0 saturated carbocycles. The van der Waals surface area contributed by atoms with Crippen LogP contribution in [0.15, 0.2) is 109 Å². The van der Waals surface area contributed by atoms with E-state index in [4.69, 9.17) is 0 Å². The van der Waals surface area contributed by atoms with Crippen molar-refractivity contribution in [3.05, 3.63) is 154 Å². The molecule has 1 atom stereocenters. The predicted molar refractivity (Wildman–Crippen MR) is 192 cm³/mol. The maximum absolute atomic E-state index is 3.67. The number of hydrogen-bond acceptors (Lipinski definition) is 0. The molecule has 0 aliphatic heterocycles. The molecule has 0 fully saturated rings. The first-order valence-electron chi connectivity index (χ1n) is 16.2. The van der Waals surface area contributed by atoms with Gasteiger partial charge in [-0.05, 0) is 28.4 Å². The van der Waals surface area contributed by atoms with Crippen molar-refractivity contribution in [1.29, 1.82) is 0 Å². The summed E-state index contributed by atoms with van der Waals surface area (Å²) in [6.07, 6.45) is 8.68. The maximum atomic E-state index is 3.67. The third kappa shape index (κ3) is 9.32. The summed E-state index contributed by atoms with van der Waals surface area (Å²) >= 11 is 1.08. The van der Waals surface area contributed by atoms with Crippen LogP contribution >= 0.6 is 0 Å². The Kier molecular flexibility index (Phi) is 11.1. The van der Waals surface area contributed by atoms with E-state index in [1.807, 2.05) is 0 Å². The van der Waals surface area contributed by atoms with Crippen molar-refractivity contribution >= 4 is 3.26 Å². The summed E-state index contributed by atoms with van der Waals surface area (Å²) in [7, 11) is 0. The van der Waals surface area contributed by atoms with Crippen molar-refractivity contribution in [1.82, 2.24) is 0 Å². The van der Waals surface area contributed by atoms with Gasteiger partial charge in [-0.3, -0.25) is 6.08 Å². The Morgan fingerprint density at radius 3 is 1.67 bits per heavy atom. The minimum atomic E-state index is 0.167. The predicted octanol–water partition coefficient (Wildman–Crippen LogP) is 11.4. The van der Waals surface area contributed by atoms with Crippen molar-refractivity contribution in [2.45, 2.75) is 86.5 Å². The number of fused-ring (bicyclic) bond motifs is 3. The van der Waals surface area contributed by atoms with Gasteiger partial charge >= 0.3 is 98.9 Å². The molecular formula is C44H50Hf. The zero-order valence-electron chi connectivity index (χ0n) is 29.1. The minimum absolute atomic E-state index is 0.167. The number of hydrogen-bond donors (Lipinski definition) is 0. The standard InChI is InChI=1S/C21H25.C13H10.C10H15.Hf/c1-20(2,3)16-7-9-18-14(12-16)11-15-13-17(21(4,5)6)8-10-19(15)18;1-3-7-12(8-4-1)11-13-9-5-2-6-10-13;1-8-5-6-9(7-8)10(2,3)4;/h7-10,12H,11H2,1-6H3;1-10H;6-8H,1-4H3;/q-1;;-1;+2. The van der Waals surface area contributed by atoms with Crippen molar-refractivity contribution in [2.75, 3.05) is 0 Å². The molecule has 45 heavy (non-hydrogen) atoms. The Morgan fingerprint density at radius 2 is 1.22 bits per heavy atom. The van der Waals surface area contributed by atoms with Crippen LogP contribution in [-0.4, -0.2) is 3.26 Å². The van der Waals surface area contributed by atoms with Crippen LogP contribution in [0, 0.1) is 23.5 Å². The van der Waals surface area contributed by atoms with Crippen LogP contribution in [0.4, 0.5) is 0 Å². The summed E-state index contributed by atoms with van der Waals surface area (Å²) < 4.78 is 1.46. The zero-order valence-corrected chi connectivity index (χ0v) is 32.7. The summed E-state index contributed by atoms with van der Waals surface area (Å²) in [6, 6.07) is 36.4. The number of rotatable bonds is 2. The molecule has 0 spiro atoms. The summed E-state index contributed by atoms with van der Waals surface area (Å²) in [5.41, 5.74) is 13.1. The molecular weight excluding hydrogens is 707 g/mol. The van der Waals surface area contributed by atoms with E-state index in [1.54, 1.807) is 0 Å². The molecule has 2 aliphatic rings. The van der Waals surface area contributed by atoms with Crippen LogP contribution in [0.3, 0.4) is 0 Å². The quantitative estimate of drug-likeness (QED) is 0.124. The van der Waals surface area contributed by atoms with Crippen LogP contribution in [0.2, 0.25) is 0 Å². The molecule has 6 rings (SSSR count). The van der Waals surface area contributed by atoms with E-state index in [1.165, 1.54) is 53.3 Å². The summed E-state index contributed by atoms with van der Waals surface area (Å²) in [5, 5.41) is 0. The van der Waals surface area contributed by atoms with Gasteiger partial charge in [-0.25, -0.2) is 6.08 Å². The Balaban J connectivity index is 0.000000166. The van der Waals surface area contributed by atoms with Crippen molar-refractivity contribution in [3.63, 3.8) is 0 Å². The van der Waals surface area contributed by atoms with Crippen LogP contribution < -0.4 is 0 Å². The van der Waals surface area contributed by atoms with Gasteiger partial charge in [-0.1, -0.05) is 104 Å². The fourth-order valence-corrected chi connectivity index (χ4v) is 6.65. The van der Waals surface area contributed by atoms with Crippen LogP contribution in [-0.2, 0) is 41.1 Å². The molecule has 2 aliphatic carbocycles. The fraction of sp³-hybridized carbons (Fsp3) is 0.341. The van der Waals surface area contributed by atoms with Crippen LogP contribution in [0.5, 0.6) is 0 Å². The molecule has 1 heteroatoms. The Labute approximate surface area is 288 Å². The first kappa shape index (κ1) is 35.0. The van der Waals surface area contributed by atoms with E-state index in [0.29, 0.717) is 11.3 Å². The van der Waals surface area contributed by atoms with Crippen molar-refractivity contribution < 1.29 is 23.9 Å². The molecule has 0 N–H and O–H groups in total. The van der Waals surface area contributed by atoms with Gasteiger partial charge in [0.15, 0.2) is 0 Å². The summed E-state index contributed by atoms with van der Waals surface area (Å²) in [6.45, 7) is 22.5. The van der Waals surface area contributed by atoms with Gasteiger partial charge < -0.3 is 0 Å². The van der Waals surface area contributed by atoms with Crippen LogP contribution in [0.25, 0.3) is 11.1 Å². The third-order valence-corrected chi connectivity index (χ3v) is 10.5. The summed E-state index contributed by atoms with van der Waals surface area (Å²) in [5.74, 6) is 0.522. The molecule has 0 saturated heterocycles. The third-order valence-electron chi connectivity index (χ3n) is 8.39. The Bertz CT molecular complexity index is 1560. The number of allylic oxidation sites excluding steroid dienone is 4. The van der Waals surface area contributed by atoms with E-state index < -0.39 is 0 Å². The van der Waals surface area contributed by atoms with Gasteiger partial charge in [-0.2, -0.15) is 35.4 Å². The van der Waals surface area contributed by atoms with Crippen molar-refractivity contribution in [3.8, 4) is 11.1 Å². The van der Waals surface area contributed by atoms with Gasteiger partial charge in [0.1, 0.15) is 0 Å². The summed E-state index contributed by atoms with van der Waals surface area (Å²) in [4.78, 5) is 0. The Hall–Kier alpha value is -2.90. The van der Waals surface area contributed by atoms with Crippen LogP contribution in [0.1, 0.15) is 103 Å². The molecule has 0 bridgehead atoms. The first-order valence-corrected chi connectivity index (χ1v) is 18.0. The first-order chi connectivity index (χ1) is 21.0. The molecule has 0 nitrogen and oxygen atoms in total. The molecule has 230 valence electrons. The molecule has 0 heterocycles. The number of benzene rings is 4. The van der Waals surface area contributed by atoms with E-state index >= 15 is 0 Å². The molecule has 0 aromatic heterocycles. The van der Waals surface area contributed by atoms with Gasteiger partial charge in [0.25, 0.3) is 0 Å². The fourth-order valence-electron chi connectivity index (χ4n) is 5.46. The van der Waals surface area contributed by atoms with Gasteiger partial charge in [0, 0.05) is 0 Å². The molecule has 1 unspecified atom stereocenters. The average Bonchev–Trinajstić information content (AvgIpc) is 3.60. The molecule has 4 aromatic carbocycles. The molecule has 4 aromatic rings. The SMILES string of the molecule is CC(C)(C)c1[c-]c2c(cc1)-c1ccc(C(C)(C)C)cc1C2.CC1[C-]=CC(C(C)(C)C)=C1.[Hf+2]=[C](c1ccccc1)c1ccccc1. The molecule has 0 radical (unpaired) electrons. The van der Waals surface area contributed by atoms with Crippen molar-refractivity contribution in [2.24, 2.45) is 11.3 Å².